The van der Waals surface area contributed by atoms with Crippen molar-refractivity contribution in [2.75, 3.05) is 30.6 Å². The Hall–Kier alpha value is -1.50. The van der Waals surface area contributed by atoms with Crippen LogP contribution in [0.25, 0.3) is 0 Å². The molecule has 0 aromatic rings. The van der Waals surface area contributed by atoms with E-state index < -0.39 is 54.5 Å². The summed E-state index contributed by atoms with van der Waals surface area (Å²) < 4.78 is 0. The molecule has 180 valence electrons. The third kappa shape index (κ3) is 11.1. The molecule has 0 saturated heterocycles. The van der Waals surface area contributed by atoms with Gasteiger partial charge in [-0.15, -0.1) is 0 Å². The van der Waals surface area contributed by atoms with E-state index in [4.69, 9.17) is 10.8 Å². The number of aliphatic hydroxyl groups is 1. The summed E-state index contributed by atoms with van der Waals surface area (Å²) in [5.74, 6) is -2.09. The Bertz CT molecular complexity index is 596. The lowest BCUT2D eigenvalue weighted by atomic mass is 9.97. The SMILES string of the molecule is CCC(C)C(NC(=O)C(CCSC)NC(=O)C(N)CO)C(=O)NC(CCSC)C(=O)O. The third-order valence-electron chi connectivity index (χ3n) is 4.80. The summed E-state index contributed by atoms with van der Waals surface area (Å²) in [7, 11) is 0. The topological polar surface area (TPSA) is 171 Å². The summed E-state index contributed by atoms with van der Waals surface area (Å²) in [6, 6.07) is -4.12. The van der Waals surface area contributed by atoms with E-state index in [0.29, 0.717) is 24.3 Å². The molecule has 5 atom stereocenters. The quantitative estimate of drug-likeness (QED) is 0.169. The van der Waals surface area contributed by atoms with Crippen molar-refractivity contribution in [3.63, 3.8) is 0 Å². The summed E-state index contributed by atoms with van der Waals surface area (Å²) in [4.78, 5) is 49.2. The first-order chi connectivity index (χ1) is 14.6. The largest absolute Gasteiger partial charge is 0.480 e. The first kappa shape index (κ1) is 29.5. The van der Waals surface area contributed by atoms with Gasteiger partial charge in [-0.05, 0) is 42.8 Å². The minimum absolute atomic E-state index is 0.259. The smallest absolute Gasteiger partial charge is 0.326 e. The van der Waals surface area contributed by atoms with Crippen molar-refractivity contribution in [3.8, 4) is 0 Å². The molecule has 31 heavy (non-hydrogen) atoms. The number of aliphatic carboxylic acids is 1. The van der Waals surface area contributed by atoms with Crippen LogP contribution in [-0.2, 0) is 19.2 Å². The number of thioether (sulfide) groups is 2. The standard InChI is InChI=1S/C19H36N4O6S2/c1-5-11(2)15(18(27)22-14(19(28)29)7-9-31-4)23-17(26)13(6-8-30-3)21-16(25)12(20)10-24/h11-15,24H,5-10,20H2,1-4H3,(H,21,25)(H,22,27)(H,23,26)(H,28,29). The maximum absolute atomic E-state index is 12.9. The molecular weight excluding hydrogens is 444 g/mol. The minimum Gasteiger partial charge on any atom is -0.480 e. The third-order valence-corrected chi connectivity index (χ3v) is 6.08. The number of amides is 3. The predicted octanol–water partition coefficient (Wildman–Crippen LogP) is -0.603. The van der Waals surface area contributed by atoms with Gasteiger partial charge in [-0.2, -0.15) is 23.5 Å². The van der Waals surface area contributed by atoms with Gasteiger partial charge in [-0.25, -0.2) is 4.79 Å². The Balaban J connectivity index is 5.42. The van der Waals surface area contributed by atoms with E-state index >= 15 is 0 Å². The second kappa shape index (κ2) is 16.2. The molecule has 0 heterocycles. The highest BCUT2D eigenvalue weighted by Gasteiger charge is 2.32. The van der Waals surface area contributed by atoms with E-state index in [0.717, 1.165) is 0 Å². The molecule has 10 nitrogen and oxygen atoms in total. The summed E-state index contributed by atoms with van der Waals surface area (Å²) in [6.45, 7) is 3.07. The molecule has 3 amide bonds. The number of aliphatic hydroxyl groups excluding tert-OH is 1. The van der Waals surface area contributed by atoms with Crippen molar-refractivity contribution in [1.82, 2.24) is 16.0 Å². The van der Waals surface area contributed by atoms with E-state index in [1.165, 1.54) is 23.5 Å². The average Bonchev–Trinajstić information content (AvgIpc) is 2.75. The van der Waals surface area contributed by atoms with Gasteiger partial charge in [-0.1, -0.05) is 20.3 Å². The van der Waals surface area contributed by atoms with Crippen LogP contribution >= 0.6 is 23.5 Å². The molecule has 12 heteroatoms. The van der Waals surface area contributed by atoms with Crippen molar-refractivity contribution in [1.29, 1.82) is 0 Å². The van der Waals surface area contributed by atoms with E-state index in [1.807, 2.05) is 19.4 Å². The molecule has 0 aromatic carbocycles. The lowest BCUT2D eigenvalue weighted by molar-refractivity contribution is -0.142. The van der Waals surface area contributed by atoms with Gasteiger partial charge >= 0.3 is 5.97 Å². The fraction of sp³-hybridized carbons (Fsp3) is 0.789. The van der Waals surface area contributed by atoms with Gasteiger partial charge in [0, 0.05) is 0 Å². The van der Waals surface area contributed by atoms with Crippen LogP contribution in [0, 0.1) is 5.92 Å². The Morgan fingerprint density at radius 1 is 0.903 bits per heavy atom. The zero-order valence-electron chi connectivity index (χ0n) is 18.6. The highest BCUT2D eigenvalue weighted by atomic mass is 32.2. The van der Waals surface area contributed by atoms with E-state index in [2.05, 4.69) is 16.0 Å². The Morgan fingerprint density at radius 2 is 1.42 bits per heavy atom. The van der Waals surface area contributed by atoms with Gasteiger partial charge in [0.25, 0.3) is 0 Å². The van der Waals surface area contributed by atoms with Gasteiger partial charge < -0.3 is 31.9 Å². The maximum atomic E-state index is 12.9. The second-order valence-electron chi connectivity index (χ2n) is 7.18. The highest BCUT2D eigenvalue weighted by Crippen LogP contribution is 2.11. The number of carbonyl (C=O) groups excluding carboxylic acids is 3. The Labute approximate surface area is 192 Å². The number of rotatable bonds is 16. The van der Waals surface area contributed by atoms with Crippen molar-refractivity contribution < 1.29 is 29.4 Å². The zero-order chi connectivity index (χ0) is 24.0. The van der Waals surface area contributed by atoms with Gasteiger partial charge in [0.05, 0.1) is 6.61 Å². The van der Waals surface area contributed by atoms with Gasteiger partial charge in [0.2, 0.25) is 17.7 Å². The van der Waals surface area contributed by atoms with Crippen LogP contribution in [0.5, 0.6) is 0 Å². The number of carboxylic acid groups (broad SMARTS) is 1. The molecule has 0 radical (unpaired) electrons. The maximum Gasteiger partial charge on any atom is 0.326 e. The zero-order valence-corrected chi connectivity index (χ0v) is 20.2. The van der Waals surface area contributed by atoms with Crippen molar-refractivity contribution >= 4 is 47.2 Å². The minimum atomic E-state index is -1.16. The molecule has 0 aromatic heterocycles. The lowest BCUT2D eigenvalue weighted by Crippen LogP contribution is -2.59. The number of nitrogens with two attached hydrogens (primary N) is 1. The Kier molecular flexibility index (Phi) is 15.4. The van der Waals surface area contributed by atoms with Crippen molar-refractivity contribution in [3.05, 3.63) is 0 Å². The number of carbonyl (C=O) groups is 4. The highest BCUT2D eigenvalue weighted by molar-refractivity contribution is 7.98. The molecule has 0 aliphatic carbocycles. The van der Waals surface area contributed by atoms with Crippen LogP contribution in [0.15, 0.2) is 0 Å². The normalized spacial score (nSPS) is 15.8. The molecule has 5 unspecified atom stereocenters. The van der Waals surface area contributed by atoms with Crippen LogP contribution < -0.4 is 21.7 Å². The molecule has 0 aliphatic heterocycles. The van der Waals surface area contributed by atoms with Crippen molar-refractivity contribution in [2.45, 2.75) is 57.3 Å². The second-order valence-corrected chi connectivity index (χ2v) is 9.16. The van der Waals surface area contributed by atoms with Crippen LogP contribution in [-0.4, -0.2) is 88.7 Å². The fourth-order valence-electron chi connectivity index (χ4n) is 2.58. The summed E-state index contributed by atoms with van der Waals surface area (Å²) in [6.07, 6.45) is 4.82. The number of hydrogen-bond acceptors (Lipinski definition) is 8. The summed E-state index contributed by atoms with van der Waals surface area (Å²) >= 11 is 2.96. The first-order valence-electron chi connectivity index (χ1n) is 10.1. The number of nitrogens with one attached hydrogen (secondary N) is 3. The van der Waals surface area contributed by atoms with Crippen LogP contribution in [0.4, 0.5) is 0 Å². The number of hydrogen-bond donors (Lipinski definition) is 6. The van der Waals surface area contributed by atoms with Crippen LogP contribution in [0.1, 0.15) is 33.1 Å². The van der Waals surface area contributed by atoms with Gasteiger partial charge in [-0.3, -0.25) is 14.4 Å². The summed E-state index contributed by atoms with van der Waals surface area (Å²) in [5, 5.41) is 26.1. The number of carboxylic acids is 1. The summed E-state index contributed by atoms with van der Waals surface area (Å²) in [5.41, 5.74) is 5.52. The van der Waals surface area contributed by atoms with Crippen LogP contribution in [0.2, 0.25) is 0 Å². The monoisotopic (exact) mass is 480 g/mol. The predicted molar refractivity (Wildman–Crippen MR) is 124 cm³/mol. The molecule has 0 bridgehead atoms. The van der Waals surface area contributed by atoms with E-state index in [-0.39, 0.29) is 12.3 Å². The van der Waals surface area contributed by atoms with Crippen molar-refractivity contribution in [2.24, 2.45) is 11.7 Å². The lowest BCUT2D eigenvalue weighted by Gasteiger charge is -2.28. The van der Waals surface area contributed by atoms with Crippen LogP contribution in [0.3, 0.4) is 0 Å². The average molecular weight is 481 g/mol. The van der Waals surface area contributed by atoms with Gasteiger partial charge in [0.1, 0.15) is 24.2 Å². The van der Waals surface area contributed by atoms with E-state index in [1.54, 1.807) is 6.92 Å². The molecule has 0 fully saturated rings. The molecule has 0 saturated carbocycles. The molecular formula is C19H36N4O6S2. The Morgan fingerprint density at radius 3 is 1.87 bits per heavy atom. The van der Waals surface area contributed by atoms with Gasteiger partial charge in [0.15, 0.2) is 0 Å². The molecule has 7 N–H and O–H groups in total. The molecule has 0 spiro atoms. The molecule has 0 aliphatic rings. The first-order valence-corrected chi connectivity index (χ1v) is 12.9. The molecule has 0 rings (SSSR count). The van der Waals surface area contributed by atoms with E-state index in [9.17, 15) is 24.3 Å². The fourth-order valence-corrected chi connectivity index (χ4v) is 3.52.